The molecule has 2 aromatic rings. The molecule has 1 aliphatic heterocycles. The predicted octanol–water partition coefficient (Wildman–Crippen LogP) is 2.88. The van der Waals surface area contributed by atoms with Crippen LogP contribution in [0.3, 0.4) is 0 Å². The molecule has 0 aromatic carbocycles. The largest absolute Gasteiger partial charge is 0.356 e. The summed E-state index contributed by atoms with van der Waals surface area (Å²) in [5.41, 5.74) is 2.71. The van der Waals surface area contributed by atoms with Crippen molar-refractivity contribution in [2.24, 2.45) is 5.92 Å². The molecule has 1 unspecified atom stereocenters. The molecule has 2 fully saturated rings. The number of aromatic nitrogens is 3. The molecule has 2 aromatic heterocycles. The minimum absolute atomic E-state index is 0.0256. The van der Waals surface area contributed by atoms with Gasteiger partial charge >= 0.3 is 0 Å². The summed E-state index contributed by atoms with van der Waals surface area (Å²) in [6.45, 7) is 4.35. The number of carbonyl (C=O) groups excluding carboxylic acids is 3. The van der Waals surface area contributed by atoms with Gasteiger partial charge in [-0.05, 0) is 45.4 Å². The number of imide groups is 1. The smallest absolute Gasteiger partial charge is 0.286 e. The molecule has 0 bridgehead atoms. The van der Waals surface area contributed by atoms with E-state index in [0.29, 0.717) is 24.1 Å². The second kappa shape index (κ2) is 9.17. The van der Waals surface area contributed by atoms with Crippen LogP contribution in [0.1, 0.15) is 55.2 Å². The van der Waals surface area contributed by atoms with E-state index in [2.05, 4.69) is 20.8 Å². The molecule has 1 aliphatic carbocycles. The third-order valence-electron chi connectivity index (χ3n) is 5.79. The maximum Gasteiger partial charge on any atom is 0.286 e. The first-order chi connectivity index (χ1) is 14.9. The highest BCUT2D eigenvalue weighted by Crippen LogP contribution is 2.39. The van der Waals surface area contributed by atoms with Gasteiger partial charge in [-0.25, -0.2) is 9.97 Å². The zero-order valence-corrected chi connectivity index (χ0v) is 18.3. The quantitative estimate of drug-likeness (QED) is 0.698. The molecule has 4 rings (SSSR count). The Morgan fingerprint density at radius 2 is 2.03 bits per heavy atom. The van der Waals surface area contributed by atoms with Gasteiger partial charge in [-0.3, -0.25) is 19.7 Å². The lowest BCUT2D eigenvalue weighted by Gasteiger charge is -2.29. The Bertz CT molecular complexity index is 999. The van der Waals surface area contributed by atoms with Crippen LogP contribution >= 0.6 is 11.8 Å². The second-order valence-corrected chi connectivity index (χ2v) is 9.33. The Kier molecular flexibility index (Phi) is 6.35. The van der Waals surface area contributed by atoms with Crippen LogP contribution in [0.4, 0.5) is 4.79 Å². The van der Waals surface area contributed by atoms with Gasteiger partial charge in [-0.2, -0.15) is 0 Å². The summed E-state index contributed by atoms with van der Waals surface area (Å²) >= 11 is 0.879. The molecule has 0 radical (unpaired) electrons. The van der Waals surface area contributed by atoms with E-state index in [1.807, 2.05) is 26.1 Å². The van der Waals surface area contributed by atoms with E-state index < -0.39 is 5.25 Å². The van der Waals surface area contributed by atoms with E-state index in [0.717, 1.165) is 60.2 Å². The minimum Gasteiger partial charge on any atom is -0.356 e. The fraction of sp³-hybridized carbons (Fsp3) is 0.524. The van der Waals surface area contributed by atoms with E-state index in [-0.39, 0.29) is 23.5 Å². The summed E-state index contributed by atoms with van der Waals surface area (Å²) in [5.74, 6) is 1.53. The van der Waals surface area contributed by atoms with Crippen molar-refractivity contribution < 1.29 is 18.9 Å². The summed E-state index contributed by atoms with van der Waals surface area (Å²) in [7, 11) is 0. The first kappa shape index (κ1) is 21.5. The van der Waals surface area contributed by atoms with Crippen LogP contribution in [-0.4, -0.2) is 44.0 Å². The van der Waals surface area contributed by atoms with Gasteiger partial charge in [0.05, 0.1) is 17.0 Å². The summed E-state index contributed by atoms with van der Waals surface area (Å²) < 4.78 is 5.45. The molecule has 3 heterocycles. The van der Waals surface area contributed by atoms with Gasteiger partial charge in [0.2, 0.25) is 11.8 Å². The maximum atomic E-state index is 12.2. The summed E-state index contributed by atoms with van der Waals surface area (Å²) in [4.78, 5) is 44.0. The van der Waals surface area contributed by atoms with Gasteiger partial charge in [0.1, 0.15) is 11.1 Å². The third kappa shape index (κ3) is 5.12. The number of nitrogens with one attached hydrogen (secondary N) is 2. The first-order valence-electron chi connectivity index (χ1n) is 10.4. The van der Waals surface area contributed by atoms with Gasteiger partial charge in [0, 0.05) is 31.1 Å². The number of hydrogen-bond acceptors (Lipinski definition) is 8. The molecule has 9 nitrogen and oxygen atoms in total. The molecule has 1 saturated carbocycles. The van der Waals surface area contributed by atoms with Gasteiger partial charge < -0.3 is 9.84 Å². The number of amides is 3. The average molecular weight is 444 g/mol. The van der Waals surface area contributed by atoms with Crippen molar-refractivity contribution in [3.8, 4) is 11.3 Å². The van der Waals surface area contributed by atoms with Crippen LogP contribution in [0.25, 0.3) is 11.3 Å². The average Bonchev–Trinajstić information content (AvgIpc) is 3.31. The number of aryl methyl sites for hydroxylation is 2. The van der Waals surface area contributed by atoms with Crippen molar-refractivity contribution in [1.29, 1.82) is 0 Å². The molecule has 2 aliphatic rings. The Hall–Kier alpha value is -2.75. The predicted molar refractivity (Wildman–Crippen MR) is 114 cm³/mol. The fourth-order valence-corrected chi connectivity index (χ4v) is 4.96. The van der Waals surface area contributed by atoms with E-state index in [1.165, 1.54) is 0 Å². The summed E-state index contributed by atoms with van der Waals surface area (Å²) in [6, 6.07) is 1.90. The Morgan fingerprint density at radius 1 is 1.26 bits per heavy atom. The number of carbonyl (C=O) groups is 3. The SMILES string of the molecule is Cc1cc(-c2cnc(C)nc2C2CCC(CNC(=O)CC3SC(=O)NC3=O)CC2)on1. The van der Waals surface area contributed by atoms with Crippen molar-refractivity contribution in [2.75, 3.05) is 6.54 Å². The molecule has 1 atom stereocenters. The lowest BCUT2D eigenvalue weighted by atomic mass is 9.79. The van der Waals surface area contributed by atoms with Gasteiger partial charge in [-0.15, -0.1) is 0 Å². The number of nitrogens with zero attached hydrogens (tertiary/aromatic N) is 3. The molecule has 31 heavy (non-hydrogen) atoms. The van der Waals surface area contributed by atoms with Crippen molar-refractivity contribution in [3.05, 3.63) is 29.5 Å². The van der Waals surface area contributed by atoms with Crippen LogP contribution in [0, 0.1) is 19.8 Å². The zero-order valence-electron chi connectivity index (χ0n) is 17.5. The summed E-state index contributed by atoms with van der Waals surface area (Å²) in [6.07, 6.45) is 5.71. The standard InChI is InChI=1S/C21H25N5O4S/c1-11-7-16(30-26-11)15-10-22-12(2)24-19(15)14-5-3-13(4-6-14)9-23-18(27)8-17-20(28)25-21(29)31-17/h7,10,13-14,17H,3-6,8-9H2,1-2H3,(H,23,27)(H,25,28,29). The van der Waals surface area contributed by atoms with E-state index >= 15 is 0 Å². The maximum absolute atomic E-state index is 12.2. The van der Waals surface area contributed by atoms with Crippen LogP contribution in [0.2, 0.25) is 0 Å². The molecular formula is C21H25N5O4S. The van der Waals surface area contributed by atoms with Gasteiger partial charge in [-0.1, -0.05) is 16.9 Å². The molecule has 2 N–H and O–H groups in total. The number of thioether (sulfide) groups is 1. The Morgan fingerprint density at radius 3 is 2.68 bits per heavy atom. The van der Waals surface area contributed by atoms with Crippen LogP contribution in [0.5, 0.6) is 0 Å². The molecule has 0 spiro atoms. The Labute approximate surface area is 184 Å². The van der Waals surface area contributed by atoms with Crippen LogP contribution in [0.15, 0.2) is 16.8 Å². The van der Waals surface area contributed by atoms with E-state index in [1.54, 1.807) is 0 Å². The van der Waals surface area contributed by atoms with Crippen molar-refractivity contribution >= 4 is 28.8 Å². The summed E-state index contributed by atoms with van der Waals surface area (Å²) in [5, 5.41) is 8.10. The number of hydrogen-bond donors (Lipinski definition) is 2. The van der Waals surface area contributed by atoms with Gasteiger partial charge in [0.15, 0.2) is 5.76 Å². The van der Waals surface area contributed by atoms with E-state index in [4.69, 9.17) is 9.51 Å². The van der Waals surface area contributed by atoms with Crippen molar-refractivity contribution in [3.63, 3.8) is 0 Å². The highest BCUT2D eigenvalue weighted by atomic mass is 32.2. The minimum atomic E-state index is -0.623. The fourth-order valence-electron chi connectivity index (χ4n) is 4.15. The van der Waals surface area contributed by atoms with Crippen LogP contribution < -0.4 is 10.6 Å². The molecule has 10 heteroatoms. The monoisotopic (exact) mass is 443 g/mol. The van der Waals surface area contributed by atoms with Gasteiger partial charge in [0.25, 0.3) is 5.24 Å². The second-order valence-electron chi connectivity index (χ2n) is 8.16. The molecule has 1 saturated heterocycles. The normalized spacial score (nSPS) is 23.6. The lowest BCUT2D eigenvalue weighted by Crippen LogP contribution is -2.34. The molecular weight excluding hydrogens is 418 g/mol. The number of rotatable bonds is 6. The van der Waals surface area contributed by atoms with Crippen molar-refractivity contribution in [1.82, 2.24) is 25.8 Å². The molecule has 3 amide bonds. The highest BCUT2D eigenvalue weighted by Gasteiger charge is 2.33. The Balaban J connectivity index is 1.31. The molecule has 164 valence electrons. The zero-order chi connectivity index (χ0) is 22.0. The van der Waals surface area contributed by atoms with Crippen molar-refractivity contribution in [2.45, 2.75) is 57.1 Å². The lowest BCUT2D eigenvalue weighted by molar-refractivity contribution is -0.125. The van der Waals surface area contributed by atoms with E-state index in [9.17, 15) is 14.4 Å². The highest BCUT2D eigenvalue weighted by molar-refractivity contribution is 8.15. The first-order valence-corrected chi connectivity index (χ1v) is 11.3. The topological polar surface area (TPSA) is 127 Å². The third-order valence-corrected chi connectivity index (χ3v) is 6.77. The van der Waals surface area contributed by atoms with Crippen LogP contribution in [-0.2, 0) is 9.59 Å².